The molecule has 1 unspecified atom stereocenters. The van der Waals surface area contributed by atoms with Crippen LogP contribution in [0.4, 0.5) is 10.5 Å². The van der Waals surface area contributed by atoms with Gasteiger partial charge in [-0.2, -0.15) is 5.10 Å². The molecule has 0 bridgehead atoms. The highest BCUT2D eigenvalue weighted by Crippen LogP contribution is 2.27. The summed E-state index contributed by atoms with van der Waals surface area (Å²) < 4.78 is 7.35. The summed E-state index contributed by atoms with van der Waals surface area (Å²) in [6, 6.07) is 17.2. The van der Waals surface area contributed by atoms with Gasteiger partial charge in [0.05, 0.1) is 24.5 Å². The first-order valence-corrected chi connectivity index (χ1v) is 9.87. The van der Waals surface area contributed by atoms with E-state index < -0.39 is 0 Å². The van der Waals surface area contributed by atoms with Gasteiger partial charge in [0.2, 0.25) is 0 Å². The first kappa shape index (κ1) is 21.4. The molecule has 0 fully saturated rings. The molecule has 158 valence electrons. The van der Waals surface area contributed by atoms with Gasteiger partial charge < -0.3 is 20.3 Å². The van der Waals surface area contributed by atoms with Gasteiger partial charge in [0.1, 0.15) is 5.75 Å². The van der Waals surface area contributed by atoms with E-state index in [1.165, 1.54) is 0 Å². The Labute approximate surface area is 177 Å². The van der Waals surface area contributed by atoms with E-state index >= 15 is 0 Å². The number of para-hydroxylation sites is 1. The smallest absolute Gasteiger partial charge is 0.319 e. The molecule has 3 aromatic rings. The minimum Gasteiger partial charge on any atom is -0.496 e. The van der Waals surface area contributed by atoms with Crippen LogP contribution < -0.4 is 15.4 Å². The van der Waals surface area contributed by atoms with Gasteiger partial charge in [-0.15, -0.1) is 0 Å². The first-order valence-electron chi connectivity index (χ1n) is 9.87. The Balaban J connectivity index is 1.68. The zero-order valence-corrected chi connectivity index (χ0v) is 18.1. The molecule has 0 spiro atoms. The van der Waals surface area contributed by atoms with E-state index in [4.69, 9.17) is 4.74 Å². The molecule has 1 atom stereocenters. The Morgan fingerprint density at radius 3 is 2.57 bits per heavy atom. The molecular formula is C23H29N5O2. The lowest BCUT2D eigenvalue weighted by Crippen LogP contribution is -2.37. The summed E-state index contributed by atoms with van der Waals surface area (Å²) in [5.74, 6) is 0.802. The maximum Gasteiger partial charge on any atom is 0.319 e. The lowest BCUT2D eigenvalue weighted by molar-refractivity contribution is 0.242. The number of anilines is 1. The molecule has 2 amide bonds. The van der Waals surface area contributed by atoms with Crippen LogP contribution in [0.25, 0.3) is 5.69 Å². The van der Waals surface area contributed by atoms with Crippen LogP contribution in [0.5, 0.6) is 5.75 Å². The van der Waals surface area contributed by atoms with Gasteiger partial charge in [0.25, 0.3) is 0 Å². The fraction of sp³-hybridized carbons (Fsp3) is 0.304. The van der Waals surface area contributed by atoms with Crippen LogP contribution in [0.2, 0.25) is 0 Å². The quantitative estimate of drug-likeness (QED) is 0.623. The van der Waals surface area contributed by atoms with Gasteiger partial charge in [0, 0.05) is 23.5 Å². The van der Waals surface area contributed by atoms with Crippen molar-refractivity contribution >= 4 is 11.7 Å². The summed E-state index contributed by atoms with van der Waals surface area (Å²) in [5.41, 5.74) is 4.63. The Kier molecular flexibility index (Phi) is 6.74. The largest absolute Gasteiger partial charge is 0.496 e. The summed E-state index contributed by atoms with van der Waals surface area (Å²) in [6.45, 7) is 4.41. The molecule has 1 heterocycles. The van der Waals surface area contributed by atoms with Crippen molar-refractivity contribution in [1.29, 1.82) is 0 Å². The number of aryl methyl sites for hydroxylation is 2. The summed E-state index contributed by atoms with van der Waals surface area (Å²) in [6.07, 6.45) is 0. The van der Waals surface area contributed by atoms with E-state index in [0.717, 1.165) is 28.4 Å². The number of hydrogen-bond donors (Lipinski definition) is 2. The maximum absolute atomic E-state index is 12.5. The molecule has 3 rings (SSSR count). The van der Waals surface area contributed by atoms with Gasteiger partial charge in [-0.1, -0.05) is 24.3 Å². The van der Waals surface area contributed by atoms with Gasteiger partial charge in [-0.05, 0) is 58.3 Å². The predicted molar refractivity (Wildman–Crippen MR) is 119 cm³/mol. The summed E-state index contributed by atoms with van der Waals surface area (Å²) in [4.78, 5) is 14.6. The molecule has 7 nitrogen and oxygen atoms in total. The van der Waals surface area contributed by atoms with Crippen LogP contribution in [-0.2, 0) is 0 Å². The van der Waals surface area contributed by atoms with Crippen LogP contribution >= 0.6 is 0 Å². The number of carbonyl (C=O) groups excluding carboxylic acids is 1. The van der Waals surface area contributed by atoms with Crippen molar-refractivity contribution in [3.8, 4) is 11.4 Å². The van der Waals surface area contributed by atoms with E-state index in [1.807, 2.05) is 87.2 Å². The number of nitrogens with zero attached hydrogens (tertiary/aromatic N) is 3. The van der Waals surface area contributed by atoms with Gasteiger partial charge in [0.15, 0.2) is 0 Å². The van der Waals surface area contributed by atoms with Crippen LogP contribution in [0.15, 0.2) is 54.6 Å². The Morgan fingerprint density at radius 2 is 1.90 bits per heavy atom. The number of likely N-dealkylation sites (N-methyl/N-ethyl adjacent to an activating group) is 1. The minimum absolute atomic E-state index is 0.0204. The topological polar surface area (TPSA) is 71.4 Å². The Bertz CT molecular complexity index is 1010. The maximum atomic E-state index is 12.5. The van der Waals surface area contributed by atoms with Crippen molar-refractivity contribution in [2.75, 3.05) is 33.1 Å². The number of rotatable bonds is 7. The molecule has 7 heteroatoms. The molecule has 0 saturated carbocycles. The van der Waals surface area contributed by atoms with E-state index in [1.54, 1.807) is 7.11 Å². The SMILES string of the molecule is COc1ccccc1C(CNC(=O)Nc1cccc(-n2nc(C)cc2C)c1)N(C)C. The summed E-state index contributed by atoms with van der Waals surface area (Å²) >= 11 is 0. The number of urea groups is 1. The molecule has 2 aromatic carbocycles. The number of carbonyl (C=O) groups is 1. The van der Waals surface area contributed by atoms with Crippen molar-refractivity contribution in [3.05, 3.63) is 71.5 Å². The molecular weight excluding hydrogens is 378 g/mol. The number of amides is 2. The van der Waals surface area contributed by atoms with E-state index in [0.29, 0.717) is 12.2 Å². The molecule has 0 radical (unpaired) electrons. The lowest BCUT2D eigenvalue weighted by Gasteiger charge is -2.26. The Morgan fingerprint density at radius 1 is 1.13 bits per heavy atom. The molecule has 0 aliphatic heterocycles. The van der Waals surface area contributed by atoms with E-state index in [9.17, 15) is 4.79 Å². The third-order valence-electron chi connectivity index (χ3n) is 4.94. The standard InChI is InChI=1S/C23H29N5O2/c1-16-13-17(2)28(26-16)19-10-8-9-18(14-19)25-23(29)24-15-21(27(3)4)20-11-6-7-12-22(20)30-5/h6-14,21H,15H2,1-5H3,(H2,24,25,29). The van der Waals surface area contributed by atoms with E-state index in [-0.39, 0.29) is 12.1 Å². The predicted octanol–water partition coefficient (Wildman–Crippen LogP) is 3.92. The zero-order chi connectivity index (χ0) is 21.7. The number of ether oxygens (including phenoxy) is 1. The average Bonchev–Trinajstić information content (AvgIpc) is 3.06. The fourth-order valence-electron chi connectivity index (χ4n) is 3.48. The normalized spacial score (nSPS) is 11.9. The summed E-state index contributed by atoms with van der Waals surface area (Å²) in [5, 5.41) is 10.4. The highest BCUT2D eigenvalue weighted by atomic mass is 16.5. The van der Waals surface area contributed by atoms with Gasteiger partial charge in [-0.25, -0.2) is 9.48 Å². The highest BCUT2D eigenvalue weighted by molar-refractivity contribution is 5.89. The molecule has 0 saturated heterocycles. The molecule has 0 aliphatic rings. The number of methoxy groups -OCH3 is 1. The van der Waals surface area contributed by atoms with Gasteiger partial charge in [-0.3, -0.25) is 0 Å². The second-order valence-corrected chi connectivity index (χ2v) is 7.45. The average molecular weight is 408 g/mol. The Hall–Kier alpha value is -3.32. The van der Waals surface area contributed by atoms with Crippen molar-refractivity contribution in [1.82, 2.24) is 20.0 Å². The van der Waals surface area contributed by atoms with Gasteiger partial charge >= 0.3 is 6.03 Å². The van der Waals surface area contributed by atoms with Crippen LogP contribution in [-0.4, -0.2) is 48.5 Å². The van der Waals surface area contributed by atoms with Crippen LogP contribution in [0.1, 0.15) is 23.0 Å². The number of benzene rings is 2. The third-order valence-corrected chi connectivity index (χ3v) is 4.94. The summed E-state index contributed by atoms with van der Waals surface area (Å²) in [7, 11) is 5.62. The second-order valence-electron chi connectivity index (χ2n) is 7.45. The first-order chi connectivity index (χ1) is 14.4. The molecule has 1 aromatic heterocycles. The molecule has 0 aliphatic carbocycles. The highest BCUT2D eigenvalue weighted by Gasteiger charge is 2.19. The van der Waals surface area contributed by atoms with Crippen molar-refractivity contribution < 1.29 is 9.53 Å². The minimum atomic E-state index is -0.262. The van der Waals surface area contributed by atoms with Crippen molar-refractivity contribution in [2.24, 2.45) is 0 Å². The zero-order valence-electron chi connectivity index (χ0n) is 18.1. The fourth-order valence-corrected chi connectivity index (χ4v) is 3.48. The molecule has 2 N–H and O–H groups in total. The van der Waals surface area contributed by atoms with Crippen molar-refractivity contribution in [2.45, 2.75) is 19.9 Å². The lowest BCUT2D eigenvalue weighted by atomic mass is 10.0. The monoisotopic (exact) mass is 407 g/mol. The van der Waals surface area contributed by atoms with Crippen molar-refractivity contribution in [3.63, 3.8) is 0 Å². The number of aromatic nitrogens is 2. The van der Waals surface area contributed by atoms with Crippen LogP contribution in [0, 0.1) is 13.8 Å². The second kappa shape index (κ2) is 9.45. The number of nitrogens with one attached hydrogen (secondary N) is 2. The third kappa shape index (κ3) is 4.99. The van der Waals surface area contributed by atoms with Crippen LogP contribution in [0.3, 0.4) is 0 Å². The molecule has 30 heavy (non-hydrogen) atoms. The number of hydrogen-bond acceptors (Lipinski definition) is 4. The van der Waals surface area contributed by atoms with E-state index in [2.05, 4.69) is 20.6 Å².